The first kappa shape index (κ1) is 54.6. The molecule has 14 aromatic carbocycles. The number of fused-ring (bicyclic) bond motifs is 20. The van der Waals surface area contributed by atoms with Crippen molar-refractivity contribution in [1.29, 1.82) is 0 Å². The Kier molecular flexibility index (Phi) is 11.8. The third-order valence-electron chi connectivity index (χ3n) is 19.8. The zero-order chi connectivity index (χ0) is 64.3. The van der Waals surface area contributed by atoms with Crippen molar-refractivity contribution in [3.8, 4) is 78.9 Å². The molecule has 0 aliphatic carbocycles. The molecule has 0 saturated carbocycles. The van der Waals surface area contributed by atoms with E-state index in [9.17, 15) is 6.57 Å². The van der Waals surface area contributed by atoms with Crippen LogP contribution in [-0.2, 0) is 0 Å². The summed E-state index contributed by atoms with van der Waals surface area (Å²) in [5, 5.41) is 12.7. The Morgan fingerprint density at radius 2 is 0.694 bits per heavy atom. The Morgan fingerprint density at radius 3 is 1.19 bits per heavy atom. The molecular weight excluding hydrogens is 1240 g/mol. The minimum absolute atomic E-state index is 0.395. The van der Waals surface area contributed by atoms with Crippen LogP contribution in [0.1, 0.15) is 0 Å². The number of furan rings is 2. The maximum absolute atomic E-state index is 9.62. The van der Waals surface area contributed by atoms with Gasteiger partial charge in [0.25, 0.3) is 0 Å². The van der Waals surface area contributed by atoms with Crippen molar-refractivity contribution in [2.75, 3.05) is 0 Å². The highest BCUT2D eigenvalue weighted by molar-refractivity contribution is 7.26. The topological polar surface area (TPSA) is 79.2 Å². The van der Waals surface area contributed by atoms with E-state index in [1.54, 1.807) is 22.7 Å². The van der Waals surface area contributed by atoms with Crippen molar-refractivity contribution < 1.29 is 8.83 Å². The highest BCUT2D eigenvalue weighted by Gasteiger charge is 2.32. The van der Waals surface area contributed by atoms with Crippen LogP contribution >= 0.6 is 22.7 Å². The third-order valence-corrected chi connectivity index (χ3v) is 22.1. The van der Waals surface area contributed by atoms with Crippen LogP contribution < -0.4 is 0 Å². The van der Waals surface area contributed by atoms with Crippen molar-refractivity contribution in [1.82, 2.24) is 24.1 Å². The molecule has 0 amide bonds. The fourth-order valence-corrected chi connectivity index (χ4v) is 17.7. The number of aromatic nitrogens is 5. The molecule has 7 heterocycles. The van der Waals surface area contributed by atoms with E-state index in [2.05, 4.69) is 281 Å². The van der Waals surface area contributed by atoms with Gasteiger partial charge >= 0.3 is 0 Å². The van der Waals surface area contributed by atoms with Gasteiger partial charge in [0.2, 0.25) is 0 Å². The van der Waals surface area contributed by atoms with Crippen LogP contribution in [-0.4, -0.2) is 24.1 Å². The van der Waals surface area contributed by atoms with E-state index < -0.39 is 0 Å². The zero-order valence-corrected chi connectivity index (χ0v) is 53.7. The molecule has 454 valence electrons. The minimum atomic E-state index is 0.395. The SMILES string of the molecule is [C-]#[N+]c1cc(-c2nc(-c3ccc4c(c3)sc3ccccc34)nc(-c3ccc4c(c3)sc3ccccc34)n2)c(-n2c3ccc(-c4ccccc4)cc3c3c4oc5ccccc5c4ccc32)c(-n2c3ccc(-c4ccccc4)cc3c3c4oc5ccccc5c4ccc32)c1-c1ccccc1. The van der Waals surface area contributed by atoms with Gasteiger partial charge in [0.05, 0.1) is 50.8 Å². The summed E-state index contributed by atoms with van der Waals surface area (Å²) in [6, 6.07) is 103. The van der Waals surface area contributed by atoms with Crippen molar-refractivity contribution in [2.45, 2.75) is 0 Å². The van der Waals surface area contributed by atoms with E-state index in [0.717, 1.165) is 153 Å². The second kappa shape index (κ2) is 21.1. The van der Waals surface area contributed by atoms with Crippen molar-refractivity contribution in [3.05, 3.63) is 303 Å². The summed E-state index contributed by atoms with van der Waals surface area (Å²) in [6.45, 7) is 9.62. The summed E-state index contributed by atoms with van der Waals surface area (Å²) in [5.74, 6) is 1.40. The van der Waals surface area contributed by atoms with E-state index in [-0.39, 0.29) is 0 Å². The molecule has 0 atom stereocenters. The molecule has 0 aliphatic rings. The molecule has 10 heteroatoms. The molecule has 21 rings (SSSR count). The van der Waals surface area contributed by atoms with Gasteiger partial charge in [0, 0.05) is 94.9 Å². The highest BCUT2D eigenvalue weighted by Crippen LogP contribution is 2.53. The minimum Gasteiger partial charge on any atom is -0.455 e. The summed E-state index contributed by atoms with van der Waals surface area (Å²) >= 11 is 3.53. The lowest BCUT2D eigenvalue weighted by molar-refractivity contribution is 0.672. The standard InChI is InChI=1S/C88H48N6O2S2/c1-89-68-49-67(88-91-86(55-33-37-61-59-27-13-17-31-75(59)97-77(61)47-55)90-87(92-88)56-34-38-62-60-28-14-18-32-76(60)98-78(62)48-56)82(93-69-41-35-53(50-19-5-2-6-20-50)45-65(69)80-71(93)43-39-63-57-25-11-15-29-73(57)95-84(63)80)83(79(68)52-23-9-4-10-24-52)94-70-42-36-54(51-21-7-3-8-22-51)46-66(70)81-72(94)44-40-64-58-26-12-16-30-74(58)96-85(64)81/h2-49H. The Labute approximate surface area is 566 Å². The van der Waals surface area contributed by atoms with E-state index in [0.29, 0.717) is 28.7 Å². The monoisotopic (exact) mass is 1280 g/mol. The van der Waals surface area contributed by atoms with Crippen LogP contribution in [0, 0.1) is 6.57 Å². The fourth-order valence-electron chi connectivity index (χ4n) is 15.4. The molecule has 0 radical (unpaired) electrons. The number of hydrogen-bond acceptors (Lipinski definition) is 7. The number of thiophene rings is 2. The second-order valence-corrected chi connectivity index (χ2v) is 27.3. The maximum Gasteiger partial charge on any atom is 0.197 e. The van der Waals surface area contributed by atoms with E-state index in [1.807, 2.05) is 24.3 Å². The lowest BCUT2D eigenvalue weighted by atomic mass is 9.95. The fraction of sp³-hybridized carbons (Fsp3) is 0. The Morgan fingerprint density at radius 1 is 0.296 bits per heavy atom. The first-order valence-electron chi connectivity index (χ1n) is 32.7. The predicted molar refractivity (Wildman–Crippen MR) is 408 cm³/mol. The van der Waals surface area contributed by atoms with Crippen molar-refractivity contribution >= 4 is 156 Å². The molecule has 98 heavy (non-hydrogen) atoms. The first-order valence-corrected chi connectivity index (χ1v) is 34.3. The molecule has 0 saturated heterocycles. The lowest BCUT2D eigenvalue weighted by Crippen LogP contribution is -2.10. The van der Waals surface area contributed by atoms with Gasteiger partial charge in [-0.05, 0) is 119 Å². The number of nitrogens with zero attached hydrogens (tertiary/aromatic N) is 6. The summed E-state index contributed by atoms with van der Waals surface area (Å²) < 4.78 is 23.8. The average molecular weight is 1290 g/mol. The molecular formula is C88H48N6O2S2. The quantitative estimate of drug-likeness (QED) is 0.142. The van der Waals surface area contributed by atoms with Gasteiger partial charge < -0.3 is 18.0 Å². The van der Waals surface area contributed by atoms with Gasteiger partial charge in [-0.2, -0.15) is 0 Å². The smallest absolute Gasteiger partial charge is 0.197 e. The van der Waals surface area contributed by atoms with E-state index >= 15 is 0 Å². The second-order valence-electron chi connectivity index (χ2n) is 25.2. The predicted octanol–water partition coefficient (Wildman–Crippen LogP) is 25.2. The largest absolute Gasteiger partial charge is 0.455 e. The number of benzene rings is 14. The van der Waals surface area contributed by atoms with Crippen LogP contribution in [0.5, 0.6) is 0 Å². The molecule has 0 N–H and O–H groups in total. The summed E-state index contributed by atoms with van der Waals surface area (Å²) in [4.78, 5) is 21.8. The molecule has 21 aromatic rings. The lowest BCUT2D eigenvalue weighted by Gasteiger charge is -2.25. The van der Waals surface area contributed by atoms with Crippen molar-refractivity contribution in [3.63, 3.8) is 0 Å². The maximum atomic E-state index is 9.62. The van der Waals surface area contributed by atoms with Gasteiger partial charge in [-0.15, -0.1) is 22.7 Å². The van der Waals surface area contributed by atoms with Gasteiger partial charge in [0.15, 0.2) is 23.2 Å². The third kappa shape index (κ3) is 8.12. The summed E-state index contributed by atoms with van der Waals surface area (Å²) in [5.41, 5.74) is 16.9. The summed E-state index contributed by atoms with van der Waals surface area (Å²) in [6.07, 6.45) is 0. The van der Waals surface area contributed by atoms with Gasteiger partial charge in [-0.3, -0.25) is 0 Å². The average Bonchev–Trinajstić information content (AvgIpc) is 1.52. The van der Waals surface area contributed by atoms with Gasteiger partial charge in [-0.1, -0.05) is 200 Å². The highest BCUT2D eigenvalue weighted by atomic mass is 32.1. The summed E-state index contributed by atoms with van der Waals surface area (Å²) in [7, 11) is 0. The Hall–Kier alpha value is -12.8. The Balaban J connectivity index is 0.965. The van der Waals surface area contributed by atoms with Crippen LogP contribution in [0.25, 0.3) is 212 Å². The molecule has 0 bridgehead atoms. The first-order chi connectivity index (χ1) is 48.5. The van der Waals surface area contributed by atoms with Crippen LogP contribution in [0.3, 0.4) is 0 Å². The number of para-hydroxylation sites is 2. The molecule has 0 unspecified atom stereocenters. The number of rotatable bonds is 8. The molecule has 0 spiro atoms. The van der Waals surface area contributed by atoms with Crippen molar-refractivity contribution in [2.24, 2.45) is 0 Å². The van der Waals surface area contributed by atoms with Crippen LogP contribution in [0.15, 0.2) is 300 Å². The molecule has 8 nitrogen and oxygen atoms in total. The normalized spacial score (nSPS) is 12.1. The van der Waals surface area contributed by atoms with Gasteiger partial charge in [0.1, 0.15) is 22.3 Å². The molecule has 7 aromatic heterocycles. The zero-order valence-electron chi connectivity index (χ0n) is 52.0. The van der Waals surface area contributed by atoms with Crippen LogP contribution in [0.2, 0.25) is 0 Å². The molecule has 0 fully saturated rings. The van der Waals surface area contributed by atoms with Crippen LogP contribution in [0.4, 0.5) is 5.69 Å². The number of hydrogen-bond donors (Lipinski definition) is 0. The van der Waals surface area contributed by atoms with E-state index in [4.69, 9.17) is 23.8 Å². The Bertz CT molecular complexity index is 6870. The van der Waals surface area contributed by atoms with E-state index in [1.165, 1.54) is 30.9 Å². The van der Waals surface area contributed by atoms with Gasteiger partial charge in [-0.25, -0.2) is 19.8 Å². The molecule has 0 aliphatic heterocycles.